The van der Waals surface area contributed by atoms with Crippen molar-refractivity contribution in [2.75, 3.05) is 19.5 Å². The molecular formula is C20H18F3NO5S. The Labute approximate surface area is 174 Å². The number of esters is 1. The summed E-state index contributed by atoms with van der Waals surface area (Å²) < 4.78 is 54.1. The number of benzene rings is 2. The van der Waals surface area contributed by atoms with Crippen LogP contribution in [0.5, 0.6) is 11.5 Å². The van der Waals surface area contributed by atoms with Gasteiger partial charge in [-0.25, -0.2) is 0 Å². The van der Waals surface area contributed by atoms with Gasteiger partial charge in [0, 0.05) is 10.5 Å². The van der Waals surface area contributed by atoms with E-state index in [4.69, 9.17) is 14.2 Å². The topological polar surface area (TPSA) is 73.9 Å². The lowest BCUT2D eigenvalue weighted by atomic mass is 10.1. The first-order valence-electron chi connectivity index (χ1n) is 8.76. The van der Waals surface area contributed by atoms with E-state index in [9.17, 15) is 22.8 Å². The zero-order chi connectivity index (χ0) is 21.9. The third-order valence-corrected chi connectivity index (χ3v) is 5.63. The Kier molecular flexibility index (Phi) is 6.45. The van der Waals surface area contributed by atoms with Crippen LogP contribution in [-0.4, -0.2) is 31.3 Å². The minimum atomic E-state index is -4.51. The van der Waals surface area contributed by atoms with Gasteiger partial charge in [-0.15, -0.1) is 11.8 Å². The highest BCUT2D eigenvalue weighted by atomic mass is 32.2. The maximum absolute atomic E-state index is 12.8. The average Bonchev–Trinajstić information content (AvgIpc) is 2.71. The molecule has 1 amide bonds. The smallest absolute Gasteiger partial charge is 0.416 e. The maximum Gasteiger partial charge on any atom is 0.416 e. The average molecular weight is 441 g/mol. The van der Waals surface area contributed by atoms with E-state index in [2.05, 4.69) is 5.32 Å². The Morgan fingerprint density at radius 1 is 1.13 bits per heavy atom. The summed E-state index contributed by atoms with van der Waals surface area (Å²) in [6.07, 6.45) is -4.74. The monoisotopic (exact) mass is 441 g/mol. The van der Waals surface area contributed by atoms with Crippen molar-refractivity contribution in [3.8, 4) is 11.5 Å². The van der Waals surface area contributed by atoms with Crippen molar-refractivity contribution in [1.29, 1.82) is 0 Å². The van der Waals surface area contributed by atoms with E-state index in [-0.39, 0.29) is 18.7 Å². The zero-order valence-corrected chi connectivity index (χ0v) is 16.9. The summed E-state index contributed by atoms with van der Waals surface area (Å²) in [4.78, 5) is 25.0. The van der Waals surface area contributed by atoms with Crippen molar-refractivity contribution in [3.05, 3.63) is 47.5 Å². The molecule has 1 atom stereocenters. The van der Waals surface area contributed by atoms with Crippen molar-refractivity contribution in [1.82, 2.24) is 0 Å². The van der Waals surface area contributed by atoms with Gasteiger partial charge in [-0.05, 0) is 36.4 Å². The Morgan fingerprint density at radius 3 is 2.57 bits per heavy atom. The molecule has 2 aromatic rings. The molecule has 0 saturated heterocycles. The third-order valence-electron chi connectivity index (χ3n) is 4.35. The zero-order valence-electron chi connectivity index (χ0n) is 16.0. The quantitative estimate of drug-likeness (QED) is 0.675. The Hall–Kier alpha value is -2.88. The number of thioether (sulfide) groups is 1. The predicted octanol–water partition coefficient (Wildman–Crippen LogP) is 4.27. The number of hydrogen-bond acceptors (Lipinski definition) is 6. The molecule has 3 rings (SSSR count). The van der Waals surface area contributed by atoms with E-state index in [1.54, 1.807) is 18.2 Å². The summed E-state index contributed by atoms with van der Waals surface area (Å²) in [6, 6.07) is 8.15. The van der Waals surface area contributed by atoms with Crippen LogP contribution in [0, 0.1) is 0 Å². The normalized spacial score (nSPS) is 15.8. The number of fused-ring (bicyclic) bond motifs is 1. The van der Waals surface area contributed by atoms with Crippen LogP contribution < -0.4 is 14.8 Å². The lowest BCUT2D eigenvalue weighted by Gasteiger charge is -2.24. The van der Waals surface area contributed by atoms with Crippen LogP contribution in [0.15, 0.2) is 41.3 Å². The largest absolute Gasteiger partial charge is 0.497 e. The van der Waals surface area contributed by atoms with Crippen LogP contribution in [0.2, 0.25) is 0 Å². The lowest BCUT2D eigenvalue weighted by Crippen LogP contribution is -2.31. The summed E-state index contributed by atoms with van der Waals surface area (Å²) >= 11 is 1.02. The molecule has 0 bridgehead atoms. The predicted molar refractivity (Wildman–Crippen MR) is 104 cm³/mol. The van der Waals surface area contributed by atoms with Crippen LogP contribution >= 0.6 is 11.8 Å². The van der Waals surface area contributed by atoms with Gasteiger partial charge in [-0.1, -0.05) is 0 Å². The molecule has 160 valence electrons. The van der Waals surface area contributed by atoms with Gasteiger partial charge in [-0.3, -0.25) is 9.59 Å². The minimum Gasteiger partial charge on any atom is -0.497 e. The van der Waals surface area contributed by atoms with Gasteiger partial charge in [0.25, 0.3) is 0 Å². The summed E-state index contributed by atoms with van der Waals surface area (Å²) in [6.45, 7) is -0.0796. The number of methoxy groups -OCH3 is 2. The first-order valence-corrected chi connectivity index (χ1v) is 9.64. The summed E-state index contributed by atoms with van der Waals surface area (Å²) in [5.41, 5.74) is -0.186. The van der Waals surface area contributed by atoms with Gasteiger partial charge in [0.15, 0.2) is 0 Å². The molecule has 6 nitrogen and oxygen atoms in total. The van der Waals surface area contributed by atoms with Gasteiger partial charge >= 0.3 is 12.1 Å². The van der Waals surface area contributed by atoms with Crippen molar-refractivity contribution < 1.29 is 37.0 Å². The number of halogens is 3. The van der Waals surface area contributed by atoms with Crippen LogP contribution in [-0.2, 0) is 27.1 Å². The Balaban J connectivity index is 1.63. The van der Waals surface area contributed by atoms with E-state index < -0.39 is 28.9 Å². The first kappa shape index (κ1) is 21.8. The number of carbonyl (C=O) groups is 2. The molecule has 1 aliphatic rings. The number of nitrogens with one attached hydrogen (secondary N) is 1. The molecule has 0 fully saturated rings. The lowest BCUT2D eigenvalue weighted by molar-refractivity contribution is -0.145. The van der Waals surface area contributed by atoms with Gasteiger partial charge < -0.3 is 19.5 Å². The number of anilines is 1. The molecule has 0 unspecified atom stereocenters. The fourth-order valence-electron chi connectivity index (χ4n) is 2.82. The maximum atomic E-state index is 12.8. The van der Waals surface area contributed by atoms with E-state index >= 15 is 0 Å². The Bertz CT molecular complexity index is 964. The number of hydrogen-bond donors (Lipinski definition) is 1. The van der Waals surface area contributed by atoms with E-state index in [0.717, 1.165) is 23.9 Å². The van der Waals surface area contributed by atoms with Gasteiger partial charge in [0.2, 0.25) is 5.91 Å². The van der Waals surface area contributed by atoms with Crippen molar-refractivity contribution in [3.63, 3.8) is 0 Å². The van der Waals surface area contributed by atoms with E-state index in [1.165, 1.54) is 20.3 Å². The molecular weight excluding hydrogens is 423 g/mol. The van der Waals surface area contributed by atoms with Crippen LogP contribution in [0.3, 0.4) is 0 Å². The van der Waals surface area contributed by atoms with Crippen molar-refractivity contribution >= 4 is 29.3 Å². The molecule has 0 aromatic heterocycles. The van der Waals surface area contributed by atoms with E-state index in [0.29, 0.717) is 22.0 Å². The fourth-order valence-corrected chi connectivity index (χ4v) is 3.90. The fraction of sp³-hybridized carbons (Fsp3) is 0.300. The summed E-state index contributed by atoms with van der Waals surface area (Å²) in [7, 11) is 2.99. The molecule has 2 aromatic carbocycles. The van der Waals surface area contributed by atoms with Gasteiger partial charge in [-0.2, -0.15) is 13.2 Å². The van der Waals surface area contributed by atoms with Crippen LogP contribution in [0.25, 0.3) is 0 Å². The molecule has 0 spiro atoms. The third kappa shape index (κ3) is 4.99. The number of ether oxygens (including phenoxy) is 3. The molecule has 0 radical (unpaired) electrons. The van der Waals surface area contributed by atoms with Crippen LogP contribution in [0.4, 0.5) is 18.9 Å². The molecule has 10 heteroatoms. The van der Waals surface area contributed by atoms with E-state index in [1.807, 2.05) is 0 Å². The SMILES string of the molecule is COc1ccc(OC)c(COC(=O)C[C@H]2Sc3ccc(C(F)(F)F)cc3NC2=O)c1. The molecule has 1 N–H and O–H groups in total. The molecule has 0 saturated carbocycles. The van der Waals surface area contributed by atoms with Gasteiger partial charge in [0.05, 0.1) is 37.1 Å². The second kappa shape index (κ2) is 8.86. The van der Waals surface area contributed by atoms with Crippen molar-refractivity contribution in [2.24, 2.45) is 0 Å². The van der Waals surface area contributed by atoms with Crippen molar-refractivity contribution in [2.45, 2.75) is 29.3 Å². The molecule has 30 heavy (non-hydrogen) atoms. The number of amides is 1. The first-order chi connectivity index (χ1) is 14.2. The second-order valence-electron chi connectivity index (χ2n) is 6.35. The number of alkyl halides is 3. The van der Waals surface area contributed by atoms with Gasteiger partial charge in [0.1, 0.15) is 18.1 Å². The Morgan fingerprint density at radius 2 is 1.90 bits per heavy atom. The molecule has 0 aliphatic carbocycles. The standard InChI is InChI=1S/C20H18F3NO5S/c1-27-13-4-5-15(28-2)11(7-13)10-29-18(25)9-17-19(26)24-14-8-12(20(21,22)23)3-6-16(14)30-17/h3-8,17H,9-10H2,1-2H3,(H,24,26)/t17-/m1/s1. The highest BCUT2D eigenvalue weighted by molar-refractivity contribution is 8.01. The summed E-state index contributed by atoms with van der Waals surface area (Å²) in [5, 5.41) is 1.62. The minimum absolute atomic E-state index is 0.0746. The highest BCUT2D eigenvalue weighted by Gasteiger charge is 2.34. The number of rotatable bonds is 6. The molecule has 1 heterocycles. The highest BCUT2D eigenvalue weighted by Crippen LogP contribution is 2.40. The number of carbonyl (C=O) groups excluding carboxylic acids is 2. The van der Waals surface area contributed by atoms with Crippen LogP contribution in [0.1, 0.15) is 17.5 Å². The second-order valence-corrected chi connectivity index (χ2v) is 7.59. The summed E-state index contributed by atoms with van der Waals surface area (Å²) in [5.74, 6) is -0.0905. The molecule has 1 aliphatic heterocycles.